The molecule has 5 heteroatoms. The first-order chi connectivity index (χ1) is 20.4. The van der Waals surface area contributed by atoms with Gasteiger partial charge in [-0.05, 0) is 59.7 Å². The van der Waals surface area contributed by atoms with Gasteiger partial charge in [0.25, 0.3) is 0 Å². The Morgan fingerprint density at radius 2 is 1.59 bits per heavy atom. The van der Waals surface area contributed by atoms with Crippen molar-refractivity contribution in [1.82, 2.24) is 9.38 Å². The van der Waals surface area contributed by atoms with Gasteiger partial charge in [0.1, 0.15) is 22.6 Å². The zero-order chi connectivity index (χ0) is 26.4. The monoisotopic (exact) mass is 524 g/mol. The molecule has 41 heavy (non-hydrogen) atoms. The van der Waals surface area contributed by atoms with Crippen molar-refractivity contribution < 1.29 is 13.9 Å². The molecule has 3 aliphatic heterocycles. The Kier molecular flexibility index (Phi) is 3.28. The summed E-state index contributed by atoms with van der Waals surface area (Å²) in [6.07, 6.45) is 4.18. The fourth-order valence-electron chi connectivity index (χ4n) is 8.00. The van der Waals surface area contributed by atoms with Crippen molar-refractivity contribution in [2.75, 3.05) is 0 Å². The third-order valence-corrected chi connectivity index (χ3v) is 9.42. The van der Waals surface area contributed by atoms with Crippen LogP contribution in [0.5, 0.6) is 11.5 Å². The van der Waals surface area contributed by atoms with Crippen LogP contribution in [0.15, 0.2) is 122 Å². The third-order valence-electron chi connectivity index (χ3n) is 9.42. The molecule has 0 N–H and O–H groups in total. The highest BCUT2D eigenvalue weighted by Gasteiger charge is 2.69. The van der Waals surface area contributed by atoms with E-state index in [4.69, 9.17) is 9.72 Å². The van der Waals surface area contributed by atoms with Crippen molar-refractivity contribution in [3.8, 4) is 33.9 Å². The highest BCUT2D eigenvalue weighted by molar-refractivity contribution is 6.15. The molecule has 0 fully saturated rings. The van der Waals surface area contributed by atoms with E-state index in [1.807, 2.05) is 12.3 Å². The van der Waals surface area contributed by atoms with Crippen LogP contribution in [0.4, 0.5) is 0 Å². The van der Waals surface area contributed by atoms with Crippen LogP contribution in [0.2, 0.25) is 0 Å². The van der Waals surface area contributed by atoms with Crippen LogP contribution in [0, 0.1) is 0 Å². The summed E-state index contributed by atoms with van der Waals surface area (Å²) >= 11 is 0. The Labute approximate surface area is 233 Å². The molecule has 5 nitrogen and oxygen atoms in total. The average molecular weight is 525 g/mol. The van der Waals surface area contributed by atoms with E-state index in [1.165, 1.54) is 49.8 Å². The number of imidazole rings is 1. The van der Waals surface area contributed by atoms with Crippen molar-refractivity contribution in [3.05, 3.63) is 133 Å². The Morgan fingerprint density at radius 1 is 0.707 bits per heavy atom. The van der Waals surface area contributed by atoms with Gasteiger partial charge in [-0.2, -0.15) is 4.40 Å². The molecule has 4 aromatic carbocycles. The molecule has 0 bridgehead atoms. The number of fused-ring (bicyclic) bond motifs is 8. The molecule has 188 valence electrons. The number of pyridine rings is 3. The summed E-state index contributed by atoms with van der Waals surface area (Å²) in [5, 5.41) is 3.57. The first-order valence-corrected chi connectivity index (χ1v) is 14.0. The van der Waals surface area contributed by atoms with Crippen molar-refractivity contribution in [3.63, 3.8) is 0 Å². The highest BCUT2D eigenvalue weighted by atomic mass is 16.5. The molecule has 7 heterocycles. The number of aromatic nitrogens is 4. The third kappa shape index (κ3) is 2.07. The number of ether oxygens (including phenoxy) is 1. The van der Waals surface area contributed by atoms with Crippen LogP contribution >= 0.6 is 0 Å². The largest absolute Gasteiger partial charge is 0.456 e. The van der Waals surface area contributed by atoms with Crippen LogP contribution in [0.25, 0.3) is 60.9 Å². The van der Waals surface area contributed by atoms with Gasteiger partial charge in [0.05, 0.1) is 16.3 Å². The smallest absolute Gasteiger partial charge is 0.372 e. The van der Waals surface area contributed by atoms with E-state index >= 15 is 0 Å². The summed E-state index contributed by atoms with van der Waals surface area (Å²) in [5.41, 5.74) is 11.0. The van der Waals surface area contributed by atoms with Crippen LogP contribution in [-0.4, -0.2) is 9.38 Å². The van der Waals surface area contributed by atoms with Gasteiger partial charge in [-0.1, -0.05) is 48.5 Å². The predicted molar refractivity (Wildman–Crippen MR) is 157 cm³/mol. The van der Waals surface area contributed by atoms with Crippen LogP contribution < -0.4 is 13.9 Å². The second-order valence-corrected chi connectivity index (χ2v) is 11.2. The van der Waals surface area contributed by atoms with Gasteiger partial charge >= 0.3 is 11.3 Å². The van der Waals surface area contributed by atoms with E-state index in [9.17, 15) is 0 Å². The number of para-hydroxylation sites is 2. The number of rotatable bonds is 1. The molecule has 8 aromatic rings. The lowest BCUT2D eigenvalue weighted by molar-refractivity contribution is -0.940. The predicted octanol–water partition coefficient (Wildman–Crippen LogP) is 6.73. The summed E-state index contributed by atoms with van der Waals surface area (Å²) in [6, 6.07) is 39.1. The minimum Gasteiger partial charge on any atom is -0.456 e. The van der Waals surface area contributed by atoms with E-state index in [2.05, 4.69) is 123 Å². The molecule has 0 saturated carbocycles. The van der Waals surface area contributed by atoms with E-state index in [0.29, 0.717) is 0 Å². The summed E-state index contributed by atoms with van der Waals surface area (Å²) in [4.78, 5) is 4.94. The van der Waals surface area contributed by atoms with Gasteiger partial charge in [-0.25, -0.2) is 4.98 Å². The van der Waals surface area contributed by atoms with Gasteiger partial charge in [0.2, 0.25) is 11.3 Å². The van der Waals surface area contributed by atoms with Gasteiger partial charge < -0.3 is 4.74 Å². The fraction of sp³-hybridized carbons (Fsp3) is 0.0278. The molecule has 0 radical (unpaired) electrons. The molecule has 1 atom stereocenters. The second kappa shape index (κ2) is 6.60. The first-order valence-electron chi connectivity index (χ1n) is 14.0. The molecular formula is C36H20N4O+2. The maximum absolute atomic E-state index is 6.77. The van der Waals surface area contributed by atoms with Crippen LogP contribution in [0.1, 0.15) is 11.1 Å². The minimum absolute atomic E-state index is 0.627. The molecule has 0 amide bonds. The molecule has 4 aromatic heterocycles. The molecule has 0 aliphatic carbocycles. The SMILES string of the molecule is c1ccc(-c2cc[n+]3c(c2)-c2cccc4c2C32c3c(ccc5c6cccnc6n6c7ccccc7[n+]2c6c35)O4)cc1. The molecule has 1 unspecified atom stereocenters. The Balaban J connectivity index is 1.42. The molecule has 1 spiro atoms. The Bertz CT molecular complexity index is 2510. The van der Waals surface area contributed by atoms with Crippen molar-refractivity contribution in [1.29, 1.82) is 0 Å². The quantitative estimate of drug-likeness (QED) is 0.176. The Hall–Kier alpha value is -5.55. The van der Waals surface area contributed by atoms with Crippen LogP contribution in [0.3, 0.4) is 0 Å². The summed E-state index contributed by atoms with van der Waals surface area (Å²) in [5.74, 6) is 1.82. The van der Waals surface area contributed by atoms with E-state index in [-0.39, 0.29) is 0 Å². The van der Waals surface area contributed by atoms with Crippen LogP contribution in [-0.2, 0) is 5.66 Å². The standard InChI is InChI=1S/C36H20N4O/c1-2-8-21(9-3-1)22-17-19-38-28(20-22)25-10-6-14-29-32(25)36(38)33-30(41-29)16-15-23-24-11-7-18-37-34(24)39-26-12-4-5-13-27(26)40(36)35(39)31(23)33/h1-20H/q+2. The van der Waals surface area contributed by atoms with Crippen molar-refractivity contribution in [2.45, 2.75) is 5.66 Å². The van der Waals surface area contributed by atoms with Gasteiger partial charge in [0, 0.05) is 23.7 Å². The highest BCUT2D eigenvalue weighted by Crippen LogP contribution is 2.58. The number of nitrogens with zero attached hydrogens (tertiary/aromatic N) is 4. The molecule has 11 rings (SSSR count). The number of benzene rings is 4. The van der Waals surface area contributed by atoms with Crippen molar-refractivity contribution in [2.24, 2.45) is 0 Å². The molecule has 0 saturated heterocycles. The van der Waals surface area contributed by atoms with Gasteiger partial charge in [-0.15, -0.1) is 9.13 Å². The van der Waals surface area contributed by atoms with Gasteiger partial charge in [-0.3, -0.25) is 0 Å². The normalized spacial score (nSPS) is 17.1. The topological polar surface area (TPSA) is 34.3 Å². The summed E-state index contributed by atoms with van der Waals surface area (Å²) in [6.45, 7) is 0. The summed E-state index contributed by atoms with van der Waals surface area (Å²) < 4.78 is 14.2. The second-order valence-electron chi connectivity index (χ2n) is 11.2. The number of hydrogen-bond acceptors (Lipinski definition) is 2. The summed E-state index contributed by atoms with van der Waals surface area (Å²) in [7, 11) is 0. The maximum Gasteiger partial charge on any atom is 0.372 e. The first kappa shape index (κ1) is 20.4. The number of hydrogen-bond donors (Lipinski definition) is 0. The zero-order valence-corrected chi connectivity index (χ0v) is 21.7. The fourth-order valence-corrected chi connectivity index (χ4v) is 8.00. The maximum atomic E-state index is 6.77. The lowest BCUT2D eigenvalue weighted by Gasteiger charge is -2.28. The molecule has 3 aliphatic rings. The molecular weight excluding hydrogens is 504 g/mol. The zero-order valence-electron chi connectivity index (χ0n) is 21.7. The van der Waals surface area contributed by atoms with Gasteiger partial charge in [0.15, 0.2) is 17.2 Å². The Morgan fingerprint density at radius 3 is 2.54 bits per heavy atom. The average Bonchev–Trinajstić information content (AvgIpc) is 3.65. The van der Waals surface area contributed by atoms with E-state index in [1.54, 1.807) is 0 Å². The lowest BCUT2D eigenvalue weighted by Crippen LogP contribution is -2.71. The minimum atomic E-state index is -0.627. The van der Waals surface area contributed by atoms with Crippen molar-refractivity contribution >= 4 is 38.5 Å². The van der Waals surface area contributed by atoms with E-state index in [0.717, 1.165) is 33.7 Å². The van der Waals surface area contributed by atoms with E-state index < -0.39 is 5.66 Å². The lowest BCUT2D eigenvalue weighted by atomic mass is 9.85.